The van der Waals surface area contributed by atoms with E-state index in [4.69, 9.17) is 10.2 Å². The van der Waals surface area contributed by atoms with E-state index >= 15 is 0 Å². The average molecular weight is 288 g/mol. The number of aliphatic hydroxyl groups excluding tert-OH is 2. The standard InChI is InChI=1S/C12H18BrNO2/c1-9(2)14(5-6-15)12-4-3-10(8-16)7-11(12)13/h3-4,7,9,15-16H,5-6,8H2,1-2H3. The maximum Gasteiger partial charge on any atom is 0.0682 e. The zero-order valence-electron chi connectivity index (χ0n) is 9.65. The van der Waals surface area contributed by atoms with Crippen LogP contribution in [0.25, 0.3) is 0 Å². The molecule has 90 valence electrons. The Morgan fingerprint density at radius 2 is 2.00 bits per heavy atom. The largest absolute Gasteiger partial charge is 0.395 e. The number of aliphatic hydroxyl groups is 2. The predicted octanol–water partition coefficient (Wildman–Crippen LogP) is 2.15. The molecule has 3 nitrogen and oxygen atoms in total. The summed E-state index contributed by atoms with van der Waals surface area (Å²) in [7, 11) is 0. The van der Waals surface area contributed by atoms with Crippen LogP contribution in [0, 0.1) is 0 Å². The molecule has 16 heavy (non-hydrogen) atoms. The van der Waals surface area contributed by atoms with Gasteiger partial charge in [-0.1, -0.05) is 6.07 Å². The molecule has 0 aliphatic rings. The molecule has 0 fully saturated rings. The summed E-state index contributed by atoms with van der Waals surface area (Å²) >= 11 is 3.49. The van der Waals surface area contributed by atoms with Gasteiger partial charge < -0.3 is 15.1 Å². The van der Waals surface area contributed by atoms with E-state index < -0.39 is 0 Å². The second-order valence-electron chi connectivity index (χ2n) is 3.95. The van der Waals surface area contributed by atoms with Crippen LogP contribution in [-0.2, 0) is 6.61 Å². The molecule has 0 unspecified atom stereocenters. The van der Waals surface area contributed by atoms with Gasteiger partial charge in [0.05, 0.1) is 18.9 Å². The van der Waals surface area contributed by atoms with E-state index in [-0.39, 0.29) is 13.2 Å². The quantitative estimate of drug-likeness (QED) is 0.872. The molecule has 0 atom stereocenters. The summed E-state index contributed by atoms with van der Waals surface area (Å²) in [5.74, 6) is 0. The molecule has 0 heterocycles. The second-order valence-corrected chi connectivity index (χ2v) is 4.81. The summed E-state index contributed by atoms with van der Waals surface area (Å²) in [6.07, 6.45) is 0. The maximum atomic E-state index is 9.04. The molecule has 0 saturated carbocycles. The Morgan fingerprint density at radius 3 is 2.44 bits per heavy atom. The highest BCUT2D eigenvalue weighted by Crippen LogP contribution is 2.28. The van der Waals surface area contributed by atoms with Crippen molar-refractivity contribution in [3.8, 4) is 0 Å². The molecule has 0 aliphatic heterocycles. The fourth-order valence-electron chi connectivity index (χ4n) is 1.65. The van der Waals surface area contributed by atoms with E-state index in [0.29, 0.717) is 12.6 Å². The van der Waals surface area contributed by atoms with Crippen molar-refractivity contribution in [3.63, 3.8) is 0 Å². The Morgan fingerprint density at radius 1 is 1.31 bits per heavy atom. The number of hydrogen-bond acceptors (Lipinski definition) is 3. The first kappa shape index (κ1) is 13.5. The molecular formula is C12H18BrNO2. The monoisotopic (exact) mass is 287 g/mol. The number of anilines is 1. The van der Waals surface area contributed by atoms with E-state index in [2.05, 4.69) is 34.7 Å². The highest BCUT2D eigenvalue weighted by Gasteiger charge is 2.13. The zero-order chi connectivity index (χ0) is 12.1. The fraction of sp³-hybridized carbons (Fsp3) is 0.500. The Bertz CT molecular complexity index is 342. The van der Waals surface area contributed by atoms with Gasteiger partial charge in [0.1, 0.15) is 0 Å². The van der Waals surface area contributed by atoms with Crippen LogP contribution < -0.4 is 4.90 Å². The summed E-state index contributed by atoms with van der Waals surface area (Å²) in [5, 5.41) is 18.1. The summed E-state index contributed by atoms with van der Waals surface area (Å²) in [5.41, 5.74) is 1.92. The summed E-state index contributed by atoms with van der Waals surface area (Å²) in [6.45, 7) is 4.95. The average Bonchev–Trinajstić information content (AvgIpc) is 2.26. The van der Waals surface area contributed by atoms with Crippen LogP contribution in [-0.4, -0.2) is 29.4 Å². The molecule has 0 radical (unpaired) electrons. The first-order chi connectivity index (χ1) is 7.60. The van der Waals surface area contributed by atoms with E-state index in [1.54, 1.807) is 0 Å². The first-order valence-electron chi connectivity index (χ1n) is 5.37. The Hall–Kier alpha value is -0.580. The smallest absolute Gasteiger partial charge is 0.0682 e. The molecule has 0 aliphatic carbocycles. The minimum Gasteiger partial charge on any atom is -0.395 e. The van der Waals surface area contributed by atoms with Crippen molar-refractivity contribution >= 4 is 21.6 Å². The molecule has 4 heteroatoms. The summed E-state index contributed by atoms with van der Waals surface area (Å²) < 4.78 is 0.946. The molecule has 1 aromatic carbocycles. The number of rotatable bonds is 5. The summed E-state index contributed by atoms with van der Waals surface area (Å²) in [4.78, 5) is 2.12. The van der Waals surface area contributed by atoms with E-state index in [1.165, 1.54) is 0 Å². The lowest BCUT2D eigenvalue weighted by molar-refractivity contribution is 0.281. The minimum absolute atomic E-state index is 0.0422. The van der Waals surface area contributed by atoms with Gasteiger partial charge in [-0.25, -0.2) is 0 Å². The Kier molecular flexibility index (Phi) is 5.25. The van der Waals surface area contributed by atoms with E-state index in [1.807, 2.05) is 18.2 Å². The SMILES string of the molecule is CC(C)N(CCO)c1ccc(CO)cc1Br. The lowest BCUT2D eigenvalue weighted by atomic mass is 10.2. The molecule has 2 N–H and O–H groups in total. The van der Waals surface area contributed by atoms with Crippen LogP contribution in [0.15, 0.2) is 22.7 Å². The lowest BCUT2D eigenvalue weighted by Crippen LogP contribution is -2.33. The van der Waals surface area contributed by atoms with Crippen molar-refractivity contribution in [2.45, 2.75) is 26.5 Å². The molecule has 0 bridgehead atoms. The second kappa shape index (κ2) is 6.23. The number of nitrogens with zero attached hydrogens (tertiary/aromatic N) is 1. The topological polar surface area (TPSA) is 43.7 Å². The van der Waals surface area contributed by atoms with Crippen molar-refractivity contribution < 1.29 is 10.2 Å². The van der Waals surface area contributed by atoms with Crippen molar-refractivity contribution in [2.75, 3.05) is 18.1 Å². The van der Waals surface area contributed by atoms with Crippen LogP contribution in [0.5, 0.6) is 0 Å². The Labute approximate surface area is 105 Å². The van der Waals surface area contributed by atoms with Gasteiger partial charge in [0.2, 0.25) is 0 Å². The van der Waals surface area contributed by atoms with Crippen LogP contribution >= 0.6 is 15.9 Å². The van der Waals surface area contributed by atoms with Crippen LogP contribution in [0.1, 0.15) is 19.4 Å². The van der Waals surface area contributed by atoms with Gasteiger partial charge in [-0.3, -0.25) is 0 Å². The molecule has 0 amide bonds. The molecular weight excluding hydrogens is 270 g/mol. The van der Waals surface area contributed by atoms with Crippen LogP contribution in [0.2, 0.25) is 0 Å². The third-order valence-corrected chi connectivity index (χ3v) is 3.10. The third kappa shape index (κ3) is 3.20. The van der Waals surface area contributed by atoms with Gasteiger partial charge in [-0.05, 0) is 47.5 Å². The molecule has 0 spiro atoms. The molecule has 0 aromatic heterocycles. The van der Waals surface area contributed by atoms with Gasteiger partial charge in [-0.2, -0.15) is 0 Å². The third-order valence-electron chi connectivity index (χ3n) is 2.47. The van der Waals surface area contributed by atoms with E-state index in [0.717, 1.165) is 15.7 Å². The predicted molar refractivity (Wildman–Crippen MR) is 69.6 cm³/mol. The number of benzene rings is 1. The van der Waals surface area contributed by atoms with Gasteiger partial charge in [0.25, 0.3) is 0 Å². The van der Waals surface area contributed by atoms with E-state index in [9.17, 15) is 0 Å². The number of halogens is 1. The zero-order valence-corrected chi connectivity index (χ0v) is 11.2. The van der Waals surface area contributed by atoms with Crippen molar-refractivity contribution in [2.24, 2.45) is 0 Å². The van der Waals surface area contributed by atoms with Gasteiger partial charge in [-0.15, -0.1) is 0 Å². The van der Waals surface area contributed by atoms with Gasteiger partial charge in [0, 0.05) is 17.1 Å². The fourth-order valence-corrected chi connectivity index (χ4v) is 2.30. The summed E-state index contributed by atoms with van der Waals surface area (Å²) in [6, 6.07) is 6.09. The Balaban J connectivity index is 3.00. The first-order valence-corrected chi connectivity index (χ1v) is 6.16. The highest BCUT2D eigenvalue weighted by atomic mass is 79.9. The lowest BCUT2D eigenvalue weighted by Gasteiger charge is -2.29. The van der Waals surface area contributed by atoms with Crippen molar-refractivity contribution in [1.82, 2.24) is 0 Å². The van der Waals surface area contributed by atoms with Crippen molar-refractivity contribution in [3.05, 3.63) is 28.2 Å². The van der Waals surface area contributed by atoms with Gasteiger partial charge >= 0.3 is 0 Å². The van der Waals surface area contributed by atoms with Crippen LogP contribution in [0.4, 0.5) is 5.69 Å². The number of hydrogen-bond donors (Lipinski definition) is 2. The molecule has 1 aromatic rings. The maximum absolute atomic E-state index is 9.04. The van der Waals surface area contributed by atoms with Crippen LogP contribution in [0.3, 0.4) is 0 Å². The molecule has 1 rings (SSSR count). The normalized spacial score (nSPS) is 10.9. The minimum atomic E-state index is 0.0422. The molecule has 0 saturated heterocycles. The van der Waals surface area contributed by atoms with Gasteiger partial charge in [0.15, 0.2) is 0 Å². The highest BCUT2D eigenvalue weighted by molar-refractivity contribution is 9.10. The van der Waals surface area contributed by atoms with Crippen molar-refractivity contribution in [1.29, 1.82) is 0 Å².